The maximum absolute atomic E-state index is 12.1. The van der Waals surface area contributed by atoms with E-state index in [-0.39, 0.29) is 18.3 Å². The summed E-state index contributed by atoms with van der Waals surface area (Å²) in [7, 11) is 0. The summed E-state index contributed by atoms with van der Waals surface area (Å²) < 4.78 is 16.6. The number of hydrogen-bond donors (Lipinski definition) is 1. The number of nitrogens with zero attached hydrogens (tertiary/aromatic N) is 4. The van der Waals surface area contributed by atoms with Crippen molar-refractivity contribution < 1.29 is 18.6 Å². The van der Waals surface area contributed by atoms with Crippen LogP contribution in [-0.2, 0) is 16.8 Å². The summed E-state index contributed by atoms with van der Waals surface area (Å²) in [5.41, 5.74) is -0.873. The molecule has 0 spiro atoms. The second-order valence-electron chi connectivity index (χ2n) is 7.99. The molecule has 1 amide bonds. The normalized spacial score (nSPS) is 12.0. The van der Waals surface area contributed by atoms with Gasteiger partial charge in [0.1, 0.15) is 17.7 Å². The van der Waals surface area contributed by atoms with Crippen molar-refractivity contribution in [2.24, 2.45) is 0 Å². The average molecular weight is 401 g/mol. The van der Waals surface area contributed by atoms with E-state index >= 15 is 0 Å². The van der Waals surface area contributed by atoms with E-state index in [1.54, 1.807) is 46.8 Å². The molecule has 10 heteroatoms. The highest BCUT2D eigenvalue weighted by molar-refractivity contribution is 5.68. The Balaban J connectivity index is 1.79. The highest BCUT2D eigenvalue weighted by Crippen LogP contribution is 2.20. The molecular weight excluding hydrogens is 378 g/mol. The predicted molar refractivity (Wildman–Crippen MR) is 102 cm³/mol. The van der Waals surface area contributed by atoms with Gasteiger partial charge in [0.15, 0.2) is 11.6 Å². The molecule has 29 heavy (non-hydrogen) atoms. The van der Waals surface area contributed by atoms with Gasteiger partial charge in [0, 0.05) is 5.56 Å². The van der Waals surface area contributed by atoms with Crippen molar-refractivity contribution >= 4 is 6.09 Å². The van der Waals surface area contributed by atoms with E-state index in [2.05, 4.69) is 20.6 Å². The Kier molecular flexibility index (Phi) is 5.27. The molecule has 2 aromatic heterocycles. The summed E-state index contributed by atoms with van der Waals surface area (Å²) in [5.74, 6) is 0.113. The van der Waals surface area contributed by atoms with Crippen LogP contribution in [0.5, 0.6) is 0 Å². The van der Waals surface area contributed by atoms with Gasteiger partial charge in [-0.1, -0.05) is 40.6 Å². The van der Waals surface area contributed by atoms with Gasteiger partial charge in [-0.15, -0.1) is 0 Å². The maximum atomic E-state index is 12.1. The van der Waals surface area contributed by atoms with E-state index in [0.29, 0.717) is 11.4 Å². The maximum Gasteiger partial charge on any atom is 0.442 e. The number of aromatic nitrogens is 4. The second kappa shape index (κ2) is 7.53. The van der Waals surface area contributed by atoms with Gasteiger partial charge < -0.3 is 14.6 Å². The van der Waals surface area contributed by atoms with Gasteiger partial charge in [-0.3, -0.25) is 4.52 Å². The Morgan fingerprint density at radius 3 is 2.45 bits per heavy atom. The van der Waals surface area contributed by atoms with Gasteiger partial charge in [-0.05, 0) is 34.6 Å². The lowest BCUT2D eigenvalue weighted by atomic mass is 10.1. The Morgan fingerprint density at radius 1 is 1.10 bits per heavy atom. The van der Waals surface area contributed by atoms with Gasteiger partial charge in [-0.2, -0.15) is 4.98 Å². The average Bonchev–Trinajstić information content (AvgIpc) is 3.22. The molecule has 0 aliphatic heterocycles. The number of alkyl carbamates (subject to hydrolysis) is 1. The van der Waals surface area contributed by atoms with Gasteiger partial charge in [0.05, 0.1) is 0 Å². The van der Waals surface area contributed by atoms with E-state index in [1.807, 2.05) is 18.2 Å². The van der Waals surface area contributed by atoms with E-state index in [1.165, 1.54) is 4.57 Å². The molecule has 0 unspecified atom stereocenters. The minimum atomic E-state index is -0.952. The Morgan fingerprint density at radius 2 is 1.79 bits per heavy atom. The van der Waals surface area contributed by atoms with Crippen LogP contribution in [0.4, 0.5) is 4.79 Å². The second-order valence-corrected chi connectivity index (χ2v) is 7.99. The molecule has 0 fully saturated rings. The van der Waals surface area contributed by atoms with Crippen LogP contribution in [0.1, 0.15) is 46.3 Å². The number of benzene rings is 1. The van der Waals surface area contributed by atoms with Crippen LogP contribution in [0.2, 0.25) is 0 Å². The van der Waals surface area contributed by atoms with Crippen LogP contribution in [0.3, 0.4) is 0 Å². The molecule has 154 valence electrons. The number of nitrogens with one attached hydrogen (secondary N) is 1. The number of carbonyl (C=O) groups is 1. The van der Waals surface area contributed by atoms with Crippen molar-refractivity contribution in [1.29, 1.82) is 0 Å². The standard InChI is InChI=1S/C19H23N5O5/c1-18(2,3)27-16(25)21-19(4,5)15-20-13(28-23-15)11-24-14(22-29-17(24)26)12-9-7-6-8-10-12/h6-10H,11H2,1-5H3,(H,21,25). The molecule has 0 bridgehead atoms. The zero-order chi connectivity index (χ0) is 21.2. The van der Waals surface area contributed by atoms with Crippen LogP contribution in [0.25, 0.3) is 11.4 Å². The summed E-state index contributed by atoms with van der Waals surface area (Å²) >= 11 is 0. The van der Waals surface area contributed by atoms with Crippen molar-refractivity contribution in [2.75, 3.05) is 0 Å². The SMILES string of the molecule is CC(C)(C)OC(=O)NC(C)(C)c1noc(Cn2c(-c3ccccc3)noc2=O)n1. The number of hydrogen-bond acceptors (Lipinski definition) is 8. The largest absolute Gasteiger partial charge is 0.444 e. The molecule has 0 saturated heterocycles. The van der Waals surface area contributed by atoms with Gasteiger partial charge in [0.25, 0.3) is 0 Å². The predicted octanol–water partition coefficient (Wildman–Crippen LogP) is 2.69. The summed E-state index contributed by atoms with van der Waals surface area (Å²) in [4.78, 5) is 28.4. The van der Waals surface area contributed by atoms with Crippen LogP contribution in [0, 0.1) is 0 Å². The Labute approximate surface area is 166 Å². The number of amides is 1. The fourth-order valence-corrected chi connectivity index (χ4v) is 2.53. The quantitative estimate of drug-likeness (QED) is 0.692. The van der Waals surface area contributed by atoms with Crippen LogP contribution in [0.15, 0.2) is 44.2 Å². The first kappa shape index (κ1) is 20.3. The molecule has 1 aromatic carbocycles. The summed E-state index contributed by atoms with van der Waals surface area (Å²) in [6.45, 7) is 8.72. The Bertz CT molecular complexity index is 1040. The van der Waals surface area contributed by atoms with Gasteiger partial charge in [0.2, 0.25) is 5.89 Å². The van der Waals surface area contributed by atoms with Crippen molar-refractivity contribution in [1.82, 2.24) is 25.2 Å². The summed E-state index contributed by atoms with van der Waals surface area (Å²) in [5, 5.41) is 10.5. The van der Waals surface area contributed by atoms with Crippen molar-refractivity contribution in [3.05, 3.63) is 52.6 Å². The molecule has 3 rings (SSSR count). The minimum absolute atomic E-state index is 0.0257. The van der Waals surface area contributed by atoms with Crippen LogP contribution >= 0.6 is 0 Å². The van der Waals surface area contributed by atoms with E-state index in [9.17, 15) is 9.59 Å². The highest BCUT2D eigenvalue weighted by atomic mass is 16.6. The molecule has 3 aromatic rings. The third kappa shape index (κ3) is 4.89. The summed E-state index contributed by atoms with van der Waals surface area (Å²) in [6, 6.07) is 9.13. The van der Waals surface area contributed by atoms with E-state index < -0.39 is 23.0 Å². The lowest BCUT2D eigenvalue weighted by Crippen LogP contribution is -2.44. The first-order chi connectivity index (χ1) is 13.5. The molecule has 2 heterocycles. The first-order valence-electron chi connectivity index (χ1n) is 9.01. The Hall–Kier alpha value is -3.43. The van der Waals surface area contributed by atoms with Crippen molar-refractivity contribution in [2.45, 2.75) is 52.3 Å². The van der Waals surface area contributed by atoms with Crippen molar-refractivity contribution in [3.63, 3.8) is 0 Å². The minimum Gasteiger partial charge on any atom is -0.444 e. The lowest BCUT2D eigenvalue weighted by Gasteiger charge is -2.26. The number of rotatable bonds is 5. The van der Waals surface area contributed by atoms with Gasteiger partial charge in [-0.25, -0.2) is 14.2 Å². The summed E-state index contributed by atoms with van der Waals surface area (Å²) in [6.07, 6.45) is -0.601. The van der Waals surface area contributed by atoms with Crippen LogP contribution < -0.4 is 11.1 Å². The zero-order valence-electron chi connectivity index (χ0n) is 16.9. The first-order valence-corrected chi connectivity index (χ1v) is 9.01. The molecule has 0 atom stereocenters. The lowest BCUT2D eigenvalue weighted by molar-refractivity contribution is 0.0465. The molecule has 10 nitrogen and oxygen atoms in total. The molecule has 1 N–H and O–H groups in total. The van der Waals surface area contributed by atoms with Crippen molar-refractivity contribution in [3.8, 4) is 11.4 Å². The van der Waals surface area contributed by atoms with E-state index in [0.717, 1.165) is 0 Å². The third-order valence-corrected chi connectivity index (χ3v) is 3.85. The molecule has 0 aliphatic carbocycles. The highest BCUT2D eigenvalue weighted by Gasteiger charge is 2.31. The fraction of sp³-hybridized carbons (Fsp3) is 0.421. The topological polar surface area (TPSA) is 125 Å². The third-order valence-electron chi connectivity index (χ3n) is 3.85. The number of carbonyl (C=O) groups excluding carboxylic acids is 1. The van der Waals surface area contributed by atoms with E-state index in [4.69, 9.17) is 13.8 Å². The molecular formula is C19H23N5O5. The molecule has 0 saturated carbocycles. The smallest absolute Gasteiger partial charge is 0.442 e. The fourth-order valence-electron chi connectivity index (χ4n) is 2.53. The number of ether oxygens (including phenoxy) is 1. The molecule has 0 aliphatic rings. The monoisotopic (exact) mass is 401 g/mol. The zero-order valence-corrected chi connectivity index (χ0v) is 16.9. The van der Waals surface area contributed by atoms with Gasteiger partial charge >= 0.3 is 11.8 Å². The molecule has 0 radical (unpaired) electrons. The van der Waals surface area contributed by atoms with Crippen LogP contribution in [-0.4, -0.2) is 31.6 Å².